The number of esters is 1. The Morgan fingerprint density at radius 1 is 1.12 bits per heavy atom. The third-order valence-corrected chi connectivity index (χ3v) is 7.10. The topological polar surface area (TPSA) is 90.0 Å². The normalized spacial score (nSPS) is 17.6. The number of hydrogen-bond acceptors (Lipinski definition) is 6. The van der Waals surface area contributed by atoms with E-state index in [1.54, 1.807) is 44.4 Å². The fraction of sp³-hybridized carbons (Fsp3) is 0.333. The second kappa shape index (κ2) is 10.5. The predicted molar refractivity (Wildman–Crippen MR) is 123 cm³/mol. The summed E-state index contributed by atoms with van der Waals surface area (Å²) in [5.41, 5.74) is 1.71. The van der Waals surface area contributed by atoms with E-state index in [1.165, 1.54) is 4.90 Å². The van der Waals surface area contributed by atoms with Crippen LogP contribution in [0.4, 0.5) is 0 Å². The zero-order valence-electron chi connectivity index (χ0n) is 18.2. The molecule has 0 radical (unpaired) electrons. The molecule has 7 nitrogen and oxygen atoms in total. The van der Waals surface area contributed by atoms with Crippen molar-refractivity contribution in [2.75, 3.05) is 31.8 Å². The maximum absolute atomic E-state index is 13.0. The van der Waals surface area contributed by atoms with E-state index < -0.39 is 28.3 Å². The number of amides is 1. The monoisotopic (exact) mass is 457 g/mol. The van der Waals surface area contributed by atoms with Crippen molar-refractivity contribution in [1.29, 1.82) is 0 Å². The number of nitrogens with zero attached hydrogens (tertiary/aromatic N) is 1. The molecule has 1 heterocycles. The minimum atomic E-state index is -3.13. The molecular weight excluding hydrogens is 430 g/mol. The number of rotatable bonds is 8. The van der Waals surface area contributed by atoms with Crippen molar-refractivity contribution in [3.63, 3.8) is 0 Å². The van der Waals surface area contributed by atoms with Crippen LogP contribution >= 0.6 is 0 Å². The van der Waals surface area contributed by atoms with Crippen molar-refractivity contribution in [2.24, 2.45) is 0 Å². The SMILES string of the molecule is CCN(C(=O)COC(=O)/C(=C/c1cccc(OC)c1)c1ccccc1)[C@H]1CCS(=O)(=O)C1. The third-order valence-electron chi connectivity index (χ3n) is 5.35. The molecule has 1 aliphatic heterocycles. The van der Waals surface area contributed by atoms with Gasteiger partial charge < -0.3 is 14.4 Å². The Labute approximate surface area is 188 Å². The highest BCUT2D eigenvalue weighted by Crippen LogP contribution is 2.23. The Balaban J connectivity index is 1.77. The number of carbonyl (C=O) groups is 2. The van der Waals surface area contributed by atoms with Crippen LogP contribution in [0, 0.1) is 0 Å². The molecule has 1 aliphatic rings. The highest BCUT2D eigenvalue weighted by molar-refractivity contribution is 7.91. The largest absolute Gasteiger partial charge is 0.497 e. The zero-order chi connectivity index (χ0) is 23.1. The van der Waals surface area contributed by atoms with Crippen molar-refractivity contribution in [2.45, 2.75) is 19.4 Å². The molecule has 1 fully saturated rings. The van der Waals surface area contributed by atoms with Gasteiger partial charge in [-0.3, -0.25) is 4.79 Å². The van der Waals surface area contributed by atoms with E-state index in [9.17, 15) is 18.0 Å². The summed E-state index contributed by atoms with van der Waals surface area (Å²) in [6, 6.07) is 15.9. The number of hydrogen-bond donors (Lipinski definition) is 0. The first-order valence-corrected chi connectivity index (χ1v) is 12.2. The average Bonchev–Trinajstić information content (AvgIpc) is 3.16. The fourth-order valence-electron chi connectivity index (χ4n) is 3.72. The molecule has 32 heavy (non-hydrogen) atoms. The lowest BCUT2D eigenvalue weighted by atomic mass is 10.0. The summed E-state index contributed by atoms with van der Waals surface area (Å²) in [5.74, 6) is -0.368. The molecule has 0 spiro atoms. The molecule has 170 valence electrons. The van der Waals surface area contributed by atoms with Gasteiger partial charge in [-0.05, 0) is 42.7 Å². The van der Waals surface area contributed by atoms with Crippen molar-refractivity contribution in [3.05, 3.63) is 65.7 Å². The second-order valence-electron chi connectivity index (χ2n) is 7.51. The summed E-state index contributed by atoms with van der Waals surface area (Å²) in [6.07, 6.45) is 2.09. The fourth-order valence-corrected chi connectivity index (χ4v) is 5.45. The molecule has 3 rings (SSSR count). The molecule has 0 unspecified atom stereocenters. The van der Waals surface area contributed by atoms with E-state index in [-0.39, 0.29) is 17.5 Å². The molecular formula is C24H27NO6S. The van der Waals surface area contributed by atoms with Crippen LogP contribution in [-0.2, 0) is 24.2 Å². The average molecular weight is 458 g/mol. The lowest BCUT2D eigenvalue weighted by Gasteiger charge is -2.26. The highest BCUT2D eigenvalue weighted by Gasteiger charge is 2.34. The van der Waals surface area contributed by atoms with E-state index >= 15 is 0 Å². The Morgan fingerprint density at radius 3 is 2.50 bits per heavy atom. The molecule has 0 saturated carbocycles. The molecule has 0 aliphatic carbocycles. The lowest BCUT2D eigenvalue weighted by Crippen LogP contribution is -2.43. The van der Waals surface area contributed by atoms with Crippen molar-refractivity contribution in [1.82, 2.24) is 4.90 Å². The summed E-state index contributed by atoms with van der Waals surface area (Å²) in [6.45, 7) is 1.68. The van der Waals surface area contributed by atoms with Gasteiger partial charge >= 0.3 is 5.97 Å². The number of ether oxygens (including phenoxy) is 2. The van der Waals surface area contributed by atoms with Crippen LogP contribution in [0.1, 0.15) is 24.5 Å². The minimum Gasteiger partial charge on any atom is -0.497 e. The van der Waals surface area contributed by atoms with E-state index in [0.29, 0.717) is 29.9 Å². The van der Waals surface area contributed by atoms with Crippen molar-refractivity contribution < 1.29 is 27.5 Å². The quantitative estimate of drug-likeness (QED) is 0.344. The maximum atomic E-state index is 13.0. The van der Waals surface area contributed by atoms with Gasteiger partial charge in [0.2, 0.25) is 0 Å². The van der Waals surface area contributed by atoms with Crippen LogP contribution in [0.25, 0.3) is 11.6 Å². The van der Waals surface area contributed by atoms with Gasteiger partial charge in [-0.15, -0.1) is 0 Å². The summed E-state index contributed by atoms with van der Waals surface area (Å²) < 4.78 is 34.2. The Morgan fingerprint density at radius 2 is 1.88 bits per heavy atom. The molecule has 8 heteroatoms. The molecule has 1 amide bonds. The van der Waals surface area contributed by atoms with Gasteiger partial charge in [-0.25, -0.2) is 13.2 Å². The predicted octanol–water partition coefficient (Wildman–Crippen LogP) is 2.81. The summed E-state index contributed by atoms with van der Waals surface area (Å²) in [7, 11) is -1.56. The molecule has 0 N–H and O–H groups in total. The smallest absolute Gasteiger partial charge is 0.339 e. The first kappa shape index (κ1) is 23.5. The number of sulfone groups is 1. The van der Waals surface area contributed by atoms with Gasteiger partial charge in [0.05, 0.1) is 24.2 Å². The lowest BCUT2D eigenvalue weighted by molar-refractivity contribution is -0.148. The van der Waals surface area contributed by atoms with Crippen LogP contribution in [0.5, 0.6) is 5.75 Å². The summed E-state index contributed by atoms with van der Waals surface area (Å²) >= 11 is 0. The summed E-state index contributed by atoms with van der Waals surface area (Å²) in [4.78, 5) is 27.1. The van der Waals surface area contributed by atoms with E-state index in [1.807, 2.05) is 30.3 Å². The Hall–Kier alpha value is -3.13. The van der Waals surface area contributed by atoms with Gasteiger partial charge in [0.1, 0.15) is 5.75 Å². The van der Waals surface area contributed by atoms with E-state index in [4.69, 9.17) is 9.47 Å². The first-order chi connectivity index (χ1) is 15.3. The number of likely N-dealkylation sites (N-methyl/N-ethyl adjacent to an activating group) is 1. The van der Waals surface area contributed by atoms with E-state index in [0.717, 1.165) is 5.56 Å². The Bertz CT molecular complexity index is 1090. The van der Waals surface area contributed by atoms with Gasteiger partial charge in [0.25, 0.3) is 5.91 Å². The molecule has 0 bridgehead atoms. The van der Waals surface area contributed by atoms with Crippen molar-refractivity contribution in [3.8, 4) is 5.75 Å². The van der Waals surface area contributed by atoms with Crippen LogP contribution < -0.4 is 4.74 Å². The summed E-state index contributed by atoms with van der Waals surface area (Å²) in [5, 5.41) is 0. The van der Waals surface area contributed by atoms with Crippen LogP contribution in [0.2, 0.25) is 0 Å². The highest BCUT2D eigenvalue weighted by atomic mass is 32.2. The van der Waals surface area contributed by atoms with Gasteiger partial charge in [0.15, 0.2) is 16.4 Å². The second-order valence-corrected chi connectivity index (χ2v) is 9.74. The molecule has 1 saturated heterocycles. The van der Waals surface area contributed by atoms with E-state index in [2.05, 4.69) is 0 Å². The van der Waals surface area contributed by atoms with Crippen LogP contribution in [0.3, 0.4) is 0 Å². The van der Waals surface area contributed by atoms with Gasteiger partial charge in [-0.1, -0.05) is 42.5 Å². The molecule has 2 aromatic carbocycles. The molecule has 2 aromatic rings. The standard InChI is InChI=1S/C24H27NO6S/c1-3-25(20-12-13-32(28,29)17-20)23(26)16-31-24(27)22(19-9-5-4-6-10-19)15-18-8-7-11-21(14-18)30-2/h4-11,14-15,20H,3,12-13,16-17H2,1-2H3/b22-15+/t20-/m0/s1. The maximum Gasteiger partial charge on any atom is 0.339 e. The number of carbonyl (C=O) groups excluding carboxylic acids is 2. The molecule has 1 atom stereocenters. The van der Waals surface area contributed by atoms with Crippen LogP contribution in [-0.4, -0.2) is 63.0 Å². The van der Waals surface area contributed by atoms with Gasteiger partial charge in [-0.2, -0.15) is 0 Å². The third kappa shape index (κ3) is 5.97. The number of benzene rings is 2. The Kier molecular flexibility index (Phi) is 7.69. The molecule has 0 aromatic heterocycles. The van der Waals surface area contributed by atoms with Gasteiger partial charge in [0, 0.05) is 12.6 Å². The number of methoxy groups -OCH3 is 1. The zero-order valence-corrected chi connectivity index (χ0v) is 19.0. The minimum absolute atomic E-state index is 0.0501. The first-order valence-electron chi connectivity index (χ1n) is 10.4. The van der Waals surface area contributed by atoms with Crippen LogP contribution in [0.15, 0.2) is 54.6 Å². The van der Waals surface area contributed by atoms with Crippen molar-refractivity contribution >= 4 is 33.4 Å².